The van der Waals surface area contributed by atoms with E-state index in [0.717, 1.165) is 0 Å². The van der Waals surface area contributed by atoms with Gasteiger partial charge in [-0.25, -0.2) is 0 Å². The molecular formula is C12H16N2O2. The van der Waals surface area contributed by atoms with Crippen LogP contribution in [-0.4, -0.2) is 23.9 Å². The first-order valence-corrected chi connectivity index (χ1v) is 5.32. The van der Waals surface area contributed by atoms with Gasteiger partial charge in [0.2, 0.25) is 0 Å². The van der Waals surface area contributed by atoms with Crippen LogP contribution in [0.15, 0.2) is 16.7 Å². The number of carbonyl (C=O) groups is 1. The molecule has 1 rings (SSSR count). The van der Waals surface area contributed by atoms with Crippen LogP contribution in [0.1, 0.15) is 30.0 Å². The molecule has 1 amide bonds. The van der Waals surface area contributed by atoms with Crippen LogP contribution in [-0.2, 0) is 0 Å². The lowest BCUT2D eigenvalue weighted by molar-refractivity contribution is 0.0752. The average Bonchev–Trinajstić information content (AvgIpc) is 2.71. The molecule has 1 aromatic heterocycles. The molecule has 0 radical (unpaired) electrons. The minimum atomic E-state index is -0.156. The maximum atomic E-state index is 12.0. The highest BCUT2D eigenvalue weighted by Gasteiger charge is 2.17. The minimum Gasteiger partial charge on any atom is -0.469 e. The highest BCUT2D eigenvalue weighted by Crippen LogP contribution is 2.11. The zero-order chi connectivity index (χ0) is 12.1. The van der Waals surface area contributed by atoms with Crippen LogP contribution in [0.2, 0.25) is 0 Å². The zero-order valence-corrected chi connectivity index (χ0v) is 9.86. The number of hydrogen-bond donors (Lipinski definition) is 0. The van der Waals surface area contributed by atoms with Gasteiger partial charge in [-0.15, -0.1) is 0 Å². The molecule has 0 fully saturated rings. The summed E-state index contributed by atoms with van der Waals surface area (Å²) in [5.74, 6) is 0.478. The summed E-state index contributed by atoms with van der Waals surface area (Å²) >= 11 is 0. The number of nitriles is 1. The van der Waals surface area contributed by atoms with Gasteiger partial charge in [-0.1, -0.05) is 0 Å². The molecule has 0 saturated carbocycles. The fourth-order valence-corrected chi connectivity index (χ4v) is 1.47. The standard InChI is InChI=1S/C12H16N2O2/c1-4-14(7-9(2)6-13)12(15)11-5-10(3)16-8-11/h5,8-9H,4,7H2,1-3H3. The van der Waals surface area contributed by atoms with Crippen molar-refractivity contribution in [1.82, 2.24) is 4.90 Å². The van der Waals surface area contributed by atoms with E-state index < -0.39 is 0 Å². The first kappa shape index (κ1) is 12.3. The summed E-state index contributed by atoms with van der Waals surface area (Å²) in [4.78, 5) is 13.6. The van der Waals surface area contributed by atoms with Crippen LogP contribution in [0.4, 0.5) is 0 Å². The van der Waals surface area contributed by atoms with Gasteiger partial charge in [-0.2, -0.15) is 5.26 Å². The second kappa shape index (κ2) is 5.36. The van der Waals surface area contributed by atoms with Crippen LogP contribution in [0.5, 0.6) is 0 Å². The number of aryl methyl sites for hydroxylation is 1. The Hall–Kier alpha value is -1.76. The van der Waals surface area contributed by atoms with E-state index in [9.17, 15) is 4.79 Å². The molecule has 0 aliphatic heterocycles. The Morgan fingerprint density at radius 2 is 2.38 bits per heavy atom. The van der Waals surface area contributed by atoms with E-state index in [1.54, 1.807) is 24.8 Å². The van der Waals surface area contributed by atoms with Gasteiger partial charge in [0.1, 0.15) is 12.0 Å². The van der Waals surface area contributed by atoms with Crippen LogP contribution < -0.4 is 0 Å². The fourth-order valence-electron chi connectivity index (χ4n) is 1.47. The Morgan fingerprint density at radius 3 is 2.81 bits per heavy atom. The van der Waals surface area contributed by atoms with Crippen LogP contribution in [0.25, 0.3) is 0 Å². The van der Waals surface area contributed by atoms with Crippen molar-refractivity contribution in [2.45, 2.75) is 20.8 Å². The van der Waals surface area contributed by atoms with Gasteiger partial charge in [0.15, 0.2) is 0 Å². The third-order valence-electron chi connectivity index (χ3n) is 2.36. The second-order valence-corrected chi connectivity index (χ2v) is 3.82. The molecule has 0 spiro atoms. The highest BCUT2D eigenvalue weighted by atomic mass is 16.3. The van der Waals surface area contributed by atoms with E-state index in [0.29, 0.717) is 24.4 Å². The van der Waals surface area contributed by atoms with Crippen molar-refractivity contribution in [2.24, 2.45) is 5.92 Å². The molecule has 1 aromatic rings. The van der Waals surface area contributed by atoms with Gasteiger partial charge < -0.3 is 9.32 Å². The normalized spacial score (nSPS) is 11.9. The Balaban J connectivity index is 2.74. The number of nitrogens with zero attached hydrogens (tertiary/aromatic N) is 2. The van der Waals surface area contributed by atoms with Crippen molar-refractivity contribution in [1.29, 1.82) is 5.26 Å². The molecule has 86 valence electrons. The summed E-state index contributed by atoms with van der Waals surface area (Å²) < 4.78 is 5.10. The summed E-state index contributed by atoms with van der Waals surface area (Å²) in [6.45, 7) is 6.54. The third kappa shape index (κ3) is 2.86. The lowest BCUT2D eigenvalue weighted by Crippen LogP contribution is -2.34. The molecule has 0 aliphatic rings. The average molecular weight is 220 g/mol. The molecule has 0 aliphatic carbocycles. The maximum Gasteiger partial charge on any atom is 0.257 e. The summed E-state index contributed by atoms with van der Waals surface area (Å²) in [6, 6.07) is 3.83. The Labute approximate surface area is 95.5 Å². The second-order valence-electron chi connectivity index (χ2n) is 3.82. The lowest BCUT2D eigenvalue weighted by Gasteiger charge is -2.21. The van der Waals surface area contributed by atoms with Crippen molar-refractivity contribution in [2.75, 3.05) is 13.1 Å². The molecule has 0 aromatic carbocycles. The van der Waals surface area contributed by atoms with Crippen LogP contribution in [0, 0.1) is 24.2 Å². The summed E-state index contributed by atoms with van der Waals surface area (Å²) in [6.07, 6.45) is 1.46. The van der Waals surface area contributed by atoms with Gasteiger partial charge in [0.25, 0.3) is 5.91 Å². The fraction of sp³-hybridized carbons (Fsp3) is 0.500. The van der Waals surface area contributed by atoms with E-state index in [1.807, 2.05) is 6.92 Å². The highest BCUT2D eigenvalue weighted by molar-refractivity contribution is 5.94. The summed E-state index contributed by atoms with van der Waals surface area (Å²) in [5, 5.41) is 8.73. The topological polar surface area (TPSA) is 57.2 Å². The first-order valence-electron chi connectivity index (χ1n) is 5.32. The third-order valence-corrected chi connectivity index (χ3v) is 2.36. The summed E-state index contributed by atoms with van der Waals surface area (Å²) in [5.41, 5.74) is 0.546. The monoisotopic (exact) mass is 220 g/mol. The molecule has 4 nitrogen and oxygen atoms in total. The van der Waals surface area contributed by atoms with Gasteiger partial charge in [-0.3, -0.25) is 4.79 Å². The van der Waals surface area contributed by atoms with Gasteiger partial charge in [0.05, 0.1) is 17.6 Å². The predicted octanol–water partition coefficient (Wildman–Crippen LogP) is 2.21. The number of furan rings is 1. The first-order chi connectivity index (χ1) is 7.58. The van der Waals surface area contributed by atoms with Crippen molar-refractivity contribution < 1.29 is 9.21 Å². The van der Waals surface area contributed by atoms with Crippen molar-refractivity contribution in [3.8, 4) is 6.07 Å². The molecular weight excluding hydrogens is 204 g/mol. The minimum absolute atomic E-state index is 0.0820. The molecule has 0 N–H and O–H groups in total. The maximum absolute atomic E-state index is 12.0. The molecule has 4 heteroatoms. The number of carbonyl (C=O) groups excluding carboxylic acids is 1. The summed E-state index contributed by atoms with van der Waals surface area (Å²) in [7, 11) is 0. The van der Waals surface area contributed by atoms with E-state index in [4.69, 9.17) is 9.68 Å². The zero-order valence-electron chi connectivity index (χ0n) is 9.86. The predicted molar refractivity (Wildman–Crippen MR) is 59.8 cm³/mol. The molecule has 1 heterocycles. The Bertz CT molecular complexity index is 403. The number of hydrogen-bond acceptors (Lipinski definition) is 3. The van der Waals surface area contributed by atoms with E-state index in [-0.39, 0.29) is 11.8 Å². The van der Waals surface area contributed by atoms with E-state index in [2.05, 4.69) is 6.07 Å². The molecule has 1 unspecified atom stereocenters. The smallest absolute Gasteiger partial charge is 0.257 e. The van der Waals surface area contributed by atoms with Gasteiger partial charge in [-0.05, 0) is 26.8 Å². The molecule has 0 saturated heterocycles. The largest absolute Gasteiger partial charge is 0.469 e. The number of amides is 1. The van der Waals surface area contributed by atoms with Crippen LogP contribution >= 0.6 is 0 Å². The lowest BCUT2D eigenvalue weighted by atomic mass is 10.2. The Morgan fingerprint density at radius 1 is 1.69 bits per heavy atom. The molecule has 0 bridgehead atoms. The van der Waals surface area contributed by atoms with Crippen molar-refractivity contribution >= 4 is 5.91 Å². The van der Waals surface area contributed by atoms with Gasteiger partial charge >= 0.3 is 0 Å². The molecule has 1 atom stereocenters. The van der Waals surface area contributed by atoms with E-state index >= 15 is 0 Å². The van der Waals surface area contributed by atoms with Crippen molar-refractivity contribution in [3.63, 3.8) is 0 Å². The Kier molecular flexibility index (Phi) is 4.12. The quantitative estimate of drug-likeness (QED) is 0.781. The van der Waals surface area contributed by atoms with Gasteiger partial charge in [0, 0.05) is 13.1 Å². The number of rotatable bonds is 4. The SMILES string of the molecule is CCN(CC(C)C#N)C(=O)c1coc(C)c1. The van der Waals surface area contributed by atoms with Crippen LogP contribution in [0.3, 0.4) is 0 Å². The van der Waals surface area contributed by atoms with Crippen molar-refractivity contribution in [3.05, 3.63) is 23.7 Å². The molecule has 16 heavy (non-hydrogen) atoms. The van der Waals surface area contributed by atoms with E-state index in [1.165, 1.54) is 6.26 Å².